The molecule has 1 saturated heterocycles. The van der Waals surface area contributed by atoms with Crippen LogP contribution in [-0.2, 0) is 9.53 Å². The number of rotatable bonds is 5. The second-order valence-corrected chi connectivity index (χ2v) is 5.77. The van der Waals surface area contributed by atoms with Crippen LogP contribution in [0.3, 0.4) is 0 Å². The normalized spacial score (nSPS) is 20.2. The lowest BCUT2D eigenvalue weighted by Gasteiger charge is -2.18. The molecule has 0 spiro atoms. The van der Waals surface area contributed by atoms with Crippen molar-refractivity contribution in [1.82, 2.24) is 5.32 Å². The Kier molecular flexibility index (Phi) is 5.36. The van der Waals surface area contributed by atoms with Crippen LogP contribution < -0.4 is 10.6 Å². The number of nitrogens with one attached hydrogen (secondary N) is 2. The molecule has 19 heavy (non-hydrogen) atoms. The molecule has 0 aromatic heterocycles. The number of hydrogen-bond acceptors (Lipinski definition) is 3. The highest BCUT2D eigenvalue weighted by atomic mass is 79.9. The van der Waals surface area contributed by atoms with E-state index in [1.54, 1.807) is 0 Å². The van der Waals surface area contributed by atoms with E-state index in [4.69, 9.17) is 4.74 Å². The van der Waals surface area contributed by atoms with Gasteiger partial charge in [0, 0.05) is 22.8 Å². The molecule has 0 saturated carbocycles. The van der Waals surface area contributed by atoms with E-state index in [0.29, 0.717) is 18.5 Å². The topological polar surface area (TPSA) is 50.4 Å². The molecule has 2 N–H and O–H groups in total. The Bertz CT molecular complexity index is 433. The van der Waals surface area contributed by atoms with Gasteiger partial charge in [-0.3, -0.25) is 4.79 Å². The number of halogens is 1. The maximum atomic E-state index is 11.8. The molecule has 1 fully saturated rings. The molecule has 1 aromatic rings. The van der Waals surface area contributed by atoms with Crippen molar-refractivity contribution in [1.29, 1.82) is 0 Å². The summed E-state index contributed by atoms with van der Waals surface area (Å²) >= 11 is 3.38. The van der Waals surface area contributed by atoms with Gasteiger partial charge in [-0.05, 0) is 37.5 Å². The highest BCUT2D eigenvalue weighted by Crippen LogP contribution is 2.17. The van der Waals surface area contributed by atoms with E-state index in [-0.39, 0.29) is 5.91 Å². The van der Waals surface area contributed by atoms with Gasteiger partial charge in [-0.2, -0.15) is 0 Å². The van der Waals surface area contributed by atoms with Crippen LogP contribution in [0.5, 0.6) is 0 Å². The van der Waals surface area contributed by atoms with Gasteiger partial charge in [-0.1, -0.05) is 22.0 Å². The van der Waals surface area contributed by atoms with Crippen LogP contribution in [0, 0.1) is 5.92 Å². The molecule has 2 rings (SSSR count). The molecule has 104 valence electrons. The van der Waals surface area contributed by atoms with Gasteiger partial charge in [0.15, 0.2) is 0 Å². The third-order valence-electron chi connectivity index (χ3n) is 3.36. The smallest absolute Gasteiger partial charge is 0.238 e. The van der Waals surface area contributed by atoms with Crippen molar-refractivity contribution >= 4 is 27.5 Å². The fraction of sp³-hybridized carbons (Fsp3) is 0.500. The predicted octanol–water partition coefficient (Wildman–Crippen LogP) is 2.40. The number of carbonyl (C=O) groups excluding carboxylic acids is 1. The number of hydrogen-bond donors (Lipinski definition) is 2. The van der Waals surface area contributed by atoms with Gasteiger partial charge >= 0.3 is 0 Å². The molecule has 1 heterocycles. The molecule has 2 atom stereocenters. The Balaban J connectivity index is 1.75. The first-order valence-electron chi connectivity index (χ1n) is 6.51. The third-order valence-corrected chi connectivity index (χ3v) is 3.86. The minimum atomic E-state index is -0.0242. The van der Waals surface area contributed by atoms with E-state index < -0.39 is 0 Å². The van der Waals surface area contributed by atoms with E-state index in [9.17, 15) is 4.79 Å². The van der Waals surface area contributed by atoms with E-state index in [1.165, 1.54) is 0 Å². The Morgan fingerprint density at radius 1 is 1.58 bits per heavy atom. The fourth-order valence-electron chi connectivity index (χ4n) is 2.14. The maximum absolute atomic E-state index is 11.8. The summed E-state index contributed by atoms with van der Waals surface area (Å²) in [5.41, 5.74) is 0.804. The van der Waals surface area contributed by atoms with E-state index in [1.807, 2.05) is 24.3 Å². The van der Waals surface area contributed by atoms with E-state index >= 15 is 0 Å². The second kappa shape index (κ2) is 7.03. The lowest BCUT2D eigenvalue weighted by atomic mass is 10.0. The summed E-state index contributed by atoms with van der Waals surface area (Å²) in [6.45, 7) is 4.05. The number of benzene rings is 1. The van der Waals surface area contributed by atoms with Crippen molar-refractivity contribution < 1.29 is 9.53 Å². The first-order valence-corrected chi connectivity index (χ1v) is 7.31. The van der Waals surface area contributed by atoms with E-state index in [2.05, 4.69) is 33.5 Å². The zero-order valence-electron chi connectivity index (χ0n) is 11.0. The molecule has 2 unspecified atom stereocenters. The molecule has 4 nitrogen and oxygen atoms in total. The summed E-state index contributed by atoms with van der Waals surface area (Å²) in [6, 6.07) is 7.88. The molecule has 1 aliphatic rings. The second-order valence-electron chi connectivity index (χ2n) is 4.85. The van der Waals surface area contributed by atoms with Crippen LogP contribution in [0.25, 0.3) is 0 Å². The van der Waals surface area contributed by atoms with Crippen molar-refractivity contribution in [3.05, 3.63) is 28.7 Å². The zero-order valence-corrected chi connectivity index (χ0v) is 12.6. The molecule has 1 amide bonds. The van der Waals surface area contributed by atoms with Crippen molar-refractivity contribution in [3.8, 4) is 0 Å². The molecule has 0 bridgehead atoms. The third kappa shape index (κ3) is 4.60. The minimum Gasteiger partial charge on any atom is -0.381 e. The molecule has 5 heteroatoms. The molecule has 0 aliphatic carbocycles. The largest absolute Gasteiger partial charge is 0.381 e. The van der Waals surface area contributed by atoms with Gasteiger partial charge in [0.05, 0.1) is 13.2 Å². The Morgan fingerprint density at radius 2 is 2.42 bits per heavy atom. The maximum Gasteiger partial charge on any atom is 0.238 e. The van der Waals surface area contributed by atoms with Gasteiger partial charge in [-0.15, -0.1) is 0 Å². The molecule has 1 aliphatic heterocycles. The monoisotopic (exact) mass is 326 g/mol. The molecule has 1 aromatic carbocycles. The highest BCUT2D eigenvalue weighted by Gasteiger charge is 2.22. The Labute approximate surface area is 122 Å². The summed E-state index contributed by atoms with van der Waals surface area (Å²) in [7, 11) is 0. The first kappa shape index (κ1) is 14.5. The molecule has 0 radical (unpaired) electrons. The average molecular weight is 327 g/mol. The van der Waals surface area contributed by atoms with Crippen molar-refractivity contribution in [2.75, 3.05) is 25.1 Å². The Morgan fingerprint density at radius 3 is 3.11 bits per heavy atom. The highest BCUT2D eigenvalue weighted by molar-refractivity contribution is 9.10. The Hall–Kier alpha value is -0.910. The van der Waals surface area contributed by atoms with Crippen LogP contribution in [0.2, 0.25) is 0 Å². The van der Waals surface area contributed by atoms with Crippen molar-refractivity contribution in [2.24, 2.45) is 5.92 Å². The summed E-state index contributed by atoms with van der Waals surface area (Å²) in [5, 5.41) is 6.12. The summed E-state index contributed by atoms with van der Waals surface area (Å²) in [6.07, 6.45) is 1.07. The SMILES string of the molecule is CC(NCC(=O)Nc1cccc(Br)c1)C1CCOC1. The number of amides is 1. The summed E-state index contributed by atoms with van der Waals surface area (Å²) < 4.78 is 6.30. The number of anilines is 1. The lowest BCUT2D eigenvalue weighted by Crippen LogP contribution is -2.39. The minimum absolute atomic E-state index is 0.0242. The summed E-state index contributed by atoms with van der Waals surface area (Å²) in [5.74, 6) is 0.488. The van der Waals surface area contributed by atoms with Gasteiger partial charge < -0.3 is 15.4 Å². The standard InChI is InChI=1S/C14H19BrN2O2/c1-10(11-5-6-19-9-11)16-8-14(18)17-13-4-2-3-12(15)7-13/h2-4,7,10-11,16H,5-6,8-9H2,1H3,(H,17,18). The fourth-order valence-corrected chi connectivity index (χ4v) is 2.54. The van der Waals surface area contributed by atoms with Crippen molar-refractivity contribution in [3.63, 3.8) is 0 Å². The number of ether oxygens (including phenoxy) is 1. The van der Waals surface area contributed by atoms with Gasteiger partial charge in [0.1, 0.15) is 0 Å². The lowest BCUT2D eigenvalue weighted by molar-refractivity contribution is -0.115. The zero-order chi connectivity index (χ0) is 13.7. The van der Waals surface area contributed by atoms with Crippen molar-refractivity contribution in [2.45, 2.75) is 19.4 Å². The van der Waals surface area contributed by atoms with E-state index in [0.717, 1.165) is 29.8 Å². The van der Waals surface area contributed by atoms with Crippen LogP contribution >= 0.6 is 15.9 Å². The van der Waals surface area contributed by atoms with Crippen LogP contribution in [0.15, 0.2) is 28.7 Å². The van der Waals surface area contributed by atoms with Crippen LogP contribution in [0.1, 0.15) is 13.3 Å². The summed E-state index contributed by atoms with van der Waals surface area (Å²) in [4.78, 5) is 11.8. The van der Waals surface area contributed by atoms with Crippen LogP contribution in [-0.4, -0.2) is 31.7 Å². The average Bonchev–Trinajstić information content (AvgIpc) is 2.90. The van der Waals surface area contributed by atoms with Gasteiger partial charge in [0.25, 0.3) is 0 Å². The predicted molar refractivity (Wildman–Crippen MR) is 79.2 cm³/mol. The molecular weight excluding hydrogens is 308 g/mol. The van der Waals surface area contributed by atoms with Gasteiger partial charge in [-0.25, -0.2) is 0 Å². The molecular formula is C14H19BrN2O2. The quantitative estimate of drug-likeness (QED) is 0.873. The first-order chi connectivity index (χ1) is 9.15. The number of carbonyl (C=O) groups is 1. The van der Waals surface area contributed by atoms with Crippen LogP contribution in [0.4, 0.5) is 5.69 Å². The van der Waals surface area contributed by atoms with Gasteiger partial charge in [0.2, 0.25) is 5.91 Å².